The van der Waals surface area contributed by atoms with Gasteiger partial charge in [0.05, 0.1) is 6.42 Å². The molecule has 128 valence electrons. The van der Waals surface area contributed by atoms with E-state index in [2.05, 4.69) is 5.32 Å². The minimum Gasteiger partial charge on any atom is -0.314 e. The summed E-state index contributed by atoms with van der Waals surface area (Å²) in [5, 5.41) is 3.69. The van der Waals surface area contributed by atoms with E-state index in [1.807, 2.05) is 0 Å². The van der Waals surface area contributed by atoms with Crippen molar-refractivity contribution < 1.29 is 13.2 Å². The maximum absolute atomic E-state index is 12.9. The number of rotatable bonds is 3. The molecule has 1 saturated heterocycles. The van der Waals surface area contributed by atoms with Crippen LogP contribution < -0.4 is 5.32 Å². The van der Waals surface area contributed by atoms with Crippen LogP contribution in [0.25, 0.3) is 0 Å². The molecule has 1 aromatic carbocycles. The Bertz CT molecular complexity index is 445. The van der Waals surface area contributed by atoms with Crippen LogP contribution in [0.1, 0.15) is 18.0 Å². The lowest BCUT2D eigenvalue weighted by Crippen LogP contribution is -2.46. The number of nitrogens with zero attached hydrogens (tertiary/aromatic N) is 1. The Morgan fingerprint density at radius 3 is 2.05 bits per heavy atom. The van der Waals surface area contributed by atoms with Crippen molar-refractivity contribution in [2.24, 2.45) is 0 Å². The van der Waals surface area contributed by atoms with Crippen LogP contribution >= 0.6 is 48.0 Å². The summed E-state index contributed by atoms with van der Waals surface area (Å²) in [6.07, 6.45) is -5.21. The number of nitrogens with one attached hydrogen (secondary N) is 1. The van der Waals surface area contributed by atoms with Gasteiger partial charge in [-0.15, -0.1) is 24.8 Å². The second kappa shape index (κ2) is 9.40. The largest absolute Gasteiger partial charge is 0.390 e. The molecule has 0 aromatic heterocycles. The third-order valence-corrected chi connectivity index (χ3v) is 4.01. The summed E-state index contributed by atoms with van der Waals surface area (Å²) < 4.78 is 38.6. The second-order valence-electron chi connectivity index (χ2n) is 4.76. The van der Waals surface area contributed by atoms with E-state index in [1.54, 1.807) is 23.1 Å². The molecule has 1 fully saturated rings. The molecule has 1 heterocycles. The van der Waals surface area contributed by atoms with Gasteiger partial charge in [0.25, 0.3) is 0 Å². The zero-order valence-electron chi connectivity index (χ0n) is 11.5. The second-order valence-corrected chi connectivity index (χ2v) is 5.57. The van der Waals surface area contributed by atoms with Gasteiger partial charge in [0.2, 0.25) is 0 Å². The van der Waals surface area contributed by atoms with Crippen LogP contribution in [0.2, 0.25) is 10.0 Å². The van der Waals surface area contributed by atoms with Crippen LogP contribution in [0.15, 0.2) is 18.2 Å². The molecule has 1 N–H and O–H groups in total. The molecule has 0 unspecified atom stereocenters. The standard InChI is InChI=1S/C13H15Cl2F3N2.2ClH/c14-9-2-1-3-10(15)12(9)11(8-13(16,17)18)20-6-4-19-5-7-20;;/h1-3,11,19H,4-8H2;2*1H/t11-;;/m1../s1. The zero-order valence-corrected chi connectivity index (χ0v) is 14.6. The number of hydrogen-bond donors (Lipinski definition) is 1. The number of piperazine rings is 1. The summed E-state index contributed by atoms with van der Waals surface area (Å²) in [7, 11) is 0. The predicted octanol–water partition coefficient (Wildman–Crippen LogP) is 4.74. The van der Waals surface area contributed by atoms with Crippen molar-refractivity contribution in [3.8, 4) is 0 Å². The molecule has 0 bridgehead atoms. The summed E-state index contributed by atoms with van der Waals surface area (Å²) in [5.74, 6) is 0. The van der Waals surface area contributed by atoms with Gasteiger partial charge in [-0.1, -0.05) is 29.3 Å². The topological polar surface area (TPSA) is 15.3 Å². The van der Waals surface area contributed by atoms with Crippen LogP contribution in [-0.2, 0) is 0 Å². The average molecular weight is 400 g/mol. The SMILES string of the molecule is Cl.Cl.FC(F)(F)C[C@H](c1c(Cl)cccc1Cl)N1CCNCC1. The number of alkyl halides is 3. The maximum Gasteiger partial charge on any atom is 0.390 e. The monoisotopic (exact) mass is 398 g/mol. The third kappa shape index (κ3) is 5.95. The van der Waals surface area contributed by atoms with Gasteiger partial charge in [0, 0.05) is 47.8 Å². The molecule has 2 rings (SSSR count). The number of benzene rings is 1. The van der Waals surface area contributed by atoms with E-state index >= 15 is 0 Å². The van der Waals surface area contributed by atoms with Gasteiger partial charge < -0.3 is 5.32 Å². The molecule has 0 radical (unpaired) electrons. The molecule has 22 heavy (non-hydrogen) atoms. The van der Waals surface area contributed by atoms with Gasteiger partial charge in [-0.05, 0) is 12.1 Å². The molecule has 0 aliphatic carbocycles. The summed E-state index contributed by atoms with van der Waals surface area (Å²) in [6.45, 7) is 2.41. The van der Waals surface area contributed by atoms with E-state index < -0.39 is 18.6 Å². The lowest BCUT2D eigenvalue weighted by Gasteiger charge is -2.36. The number of halogens is 7. The first-order chi connectivity index (χ1) is 9.38. The van der Waals surface area contributed by atoms with Crippen LogP contribution in [0.5, 0.6) is 0 Å². The van der Waals surface area contributed by atoms with Crippen molar-refractivity contribution in [2.45, 2.75) is 18.6 Å². The molecular formula is C13H17Cl4F3N2. The van der Waals surface area contributed by atoms with Crippen molar-refractivity contribution >= 4 is 48.0 Å². The quantitative estimate of drug-likeness (QED) is 0.789. The van der Waals surface area contributed by atoms with E-state index in [-0.39, 0.29) is 34.9 Å². The highest BCUT2D eigenvalue weighted by atomic mass is 35.5. The predicted molar refractivity (Wildman–Crippen MR) is 88.8 cm³/mol. The fourth-order valence-electron chi connectivity index (χ4n) is 2.46. The molecule has 1 aromatic rings. The maximum atomic E-state index is 12.9. The fourth-order valence-corrected chi connectivity index (χ4v) is 3.11. The Labute approximate surface area is 150 Å². The van der Waals surface area contributed by atoms with Crippen LogP contribution in [0.4, 0.5) is 13.2 Å². The summed E-state index contributed by atoms with van der Waals surface area (Å²) in [4.78, 5) is 1.79. The minimum absolute atomic E-state index is 0. The Morgan fingerprint density at radius 1 is 1.09 bits per heavy atom. The Hall–Kier alpha value is 0.0900. The van der Waals surface area contributed by atoms with Crippen LogP contribution in [0.3, 0.4) is 0 Å². The number of hydrogen-bond acceptors (Lipinski definition) is 2. The van der Waals surface area contributed by atoms with Gasteiger partial charge in [-0.25, -0.2) is 0 Å². The molecule has 1 aliphatic rings. The lowest BCUT2D eigenvalue weighted by molar-refractivity contribution is -0.148. The third-order valence-electron chi connectivity index (χ3n) is 3.35. The average Bonchev–Trinajstić information content (AvgIpc) is 2.37. The first-order valence-electron chi connectivity index (χ1n) is 6.34. The highest BCUT2D eigenvalue weighted by molar-refractivity contribution is 6.36. The molecule has 1 atom stereocenters. The van der Waals surface area contributed by atoms with Gasteiger partial charge in [0.1, 0.15) is 0 Å². The van der Waals surface area contributed by atoms with E-state index in [1.165, 1.54) is 0 Å². The molecular weight excluding hydrogens is 383 g/mol. The zero-order chi connectivity index (χ0) is 14.8. The summed E-state index contributed by atoms with van der Waals surface area (Å²) >= 11 is 12.2. The van der Waals surface area contributed by atoms with Crippen molar-refractivity contribution in [3.05, 3.63) is 33.8 Å². The van der Waals surface area contributed by atoms with Crippen molar-refractivity contribution in [3.63, 3.8) is 0 Å². The fraction of sp³-hybridized carbons (Fsp3) is 0.538. The van der Waals surface area contributed by atoms with Crippen LogP contribution in [0, 0.1) is 0 Å². The van der Waals surface area contributed by atoms with Crippen molar-refractivity contribution in [2.75, 3.05) is 26.2 Å². The van der Waals surface area contributed by atoms with E-state index in [0.29, 0.717) is 31.7 Å². The van der Waals surface area contributed by atoms with Crippen LogP contribution in [-0.4, -0.2) is 37.3 Å². The van der Waals surface area contributed by atoms with Gasteiger partial charge in [-0.3, -0.25) is 4.90 Å². The van der Waals surface area contributed by atoms with Gasteiger partial charge in [0.15, 0.2) is 0 Å². The molecule has 0 spiro atoms. The lowest BCUT2D eigenvalue weighted by atomic mass is 10.0. The first-order valence-corrected chi connectivity index (χ1v) is 7.09. The van der Waals surface area contributed by atoms with Gasteiger partial charge >= 0.3 is 6.18 Å². The first kappa shape index (κ1) is 22.1. The van der Waals surface area contributed by atoms with E-state index in [9.17, 15) is 13.2 Å². The molecule has 1 aliphatic heterocycles. The summed E-state index contributed by atoms with van der Waals surface area (Å²) in [6, 6.07) is 3.96. The smallest absolute Gasteiger partial charge is 0.314 e. The van der Waals surface area contributed by atoms with Crippen molar-refractivity contribution in [1.29, 1.82) is 0 Å². The van der Waals surface area contributed by atoms with E-state index in [0.717, 1.165) is 0 Å². The highest BCUT2D eigenvalue weighted by Gasteiger charge is 2.37. The van der Waals surface area contributed by atoms with Crippen molar-refractivity contribution in [1.82, 2.24) is 10.2 Å². The minimum atomic E-state index is -4.27. The Balaban J connectivity index is 0.00000220. The molecule has 2 nitrogen and oxygen atoms in total. The normalized spacial score (nSPS) is 17.3. The highest BCUT2D eigenvalue weighted by Crippen LogP contribution is 2.40. The Morgan fingerprint density at radius 2 is 1.59 bits per heavy atom. The summed E-state index contributed by atoms with van der Waals surface area (Å²) in [5.41, 5.74) is 0.370. The Kier molecular flexibility index (Phi) is 9.44. The molecule has 0 saturated carbocycles. The van der Waals surface area contributed by atoms with E-state index in [4.69, 9.17) is 23.2 Å². The van der Waals surface area contributed by atoms with Gasteiger partial charge in [-0.2, -0.15) is 13.2 Å². The molecule has 9 heteroatoms. The molecule has 0 amide bonds.